The molecule has 84 valence electrons. The zero-order valence-corrected chi connectivity index (χ0v) is 8.78. The topological polar surface area (TPSA) is 37.3 Å². The third kappa shape index (κ3) is 4.74. The highest BCUT2D eigenvalue weighted by atomic mass is 32.2. The Morgan fingerprint density at radius 2 is 2.00 bits per heavy atom. The van der Waals surface area contributed by atoms with Gasteiger partial charge in [0.25, 0.3) is 0 Å². The van der Waals surface area contributed by atoms with E-state index < -0.39 is 23.3 Å². The van der Waals surface area contributed by atoms with Crippen LogP contribution in [0.25, 0.3) is 0 Å². The molecule has 0 aliphatic rings. The number of carboxylic acid groups (broad SMARTS) is 1. The van der Waals surface area contributed by atoms with Crippen LogP contribution >= 0.6 is 11.8 Å². The first kappa shape index (κ1) is 13.6. The van der Waals surface area contributed by atoms with Crippen LogP contribution in [0.5, 0.6) is 0 Å². The number of aliphatic carboxylic acids is 1. The van der Waals surface area contributed by atoms with E-state index >= 15 is 0 Å². The maximum absolute atomic E-state index is 12.1. The van der Waals surface area contributed by atoms with Gasteiger partial charge in [0.05, 0.1) is 5.92 Å². The zero-order valence-electron chi connectivity index (χ0n) is 7.97. The average molecular weight is 230 g/mol. The Morgan fingerprint density at radius 1 is 1.50 bits per heavy atom. The number of alkyl halides is 3. The van der Waals surface area contributed by atoms with Gasteiger partial charge in [-0.25, -0.2) is 0 Å². The number of carboxylic acids is 1. The molecule has 6 heteroatoms. The molecule has 0 aromatic carbocycles. The first-order valence-corrected chi connectivity index (χ1v) is 5.25. The van der Waals surface area contributed by atoms with Crippen molar-refractivity contribution in [3.63, 3.8) is 0 Å². The van der Waals surface area contributed by atoms with Crippen LogP contribution in [0.3, 0.4) is 0 Å². The summed E-state index contributed by atoms with van der Waals surface area (Å²) >= 11 is 1.03. The van der Waals surface area contributed by atoms with E-state index in [0.717, 1.165) is 18.7 Å². The van der Waals surface area contributed by atoms with Crippen LogP contribution in [0.1, 0.15) is 20.3 Å². The van der Waals surface area contributed by atoms with Crippen molar-refractivity contribution >= 4 is 17.7 Å². The van der Waals surface area contributed by atoms with Crippen molar-refractivity contribution in [1.82, 2.24) is 0 Å². The zero-order chi connectivity index (χ0) is 11.4. The smallest absolute Gasteiger partial charge is 0.391 e. The molecule has 0 saturated heterocycles. The second kappa shape index (κ2) is 5.48. The standard InChI is InChI=1S/C8H13F3O2S/c1-3-14-6(7(12)13)4-5(2)8(9,10)11/h5-6H,3-4H2,1-2H3,(H,12,13). The summed E-state index contributed by atoms with van der Waals surface area (Å²) < 4.78 is 36.3. The molecule has 0 bridgehead atoms. The SMILES string of the molecule is CCSC(CC(C)C(F)(F)F)C(=O)O. The Hall–Kier alpha value is -0.390. The Labute approximate surface area is 84.9 Å². The summed E-state index contributed by atoms with van der Waals surface area (Å²) in [6.45, 7) is 2.73. The molecule has 0 rings (SSSR count). The largest absolute Gasteiger partial charge is 0.480 e. The van der Waals surface area contributed by atoms with Gasteiger partial charge in [0.1, 0.15) is 5.25 Å². The third-order valence-electron chi connectivity index (χ3n) is 1.77. The highest BCUT2D eigenvalue weighted by Crippen LogP contribution is 2.32. The van der Waals surface area contributed by atoms with Gasteiger partial charge in [-0.05, 0) is 12.2 Å². The Morgan fingerprint density at radius 3 is 2.29 bits per heavy atom. The Kier molecular flexibility index (Phi) is 5.33. The summed E-state index contributed by atoms with van der Waals surface area (Å²) in [6.07, 6.45) is -4.67. The maximum Gasteiger partial charge on any atom is 0.391 e. The van der Waals surface area contributed by atoms with Crippen molar-refractivity contribution in [1.29, 1.82) is 0 Å². The lowest BCUT2D eigenvalue weighted by Crippen LogP contribution is -2.27. The van der Waals surface area contributed by atoms with Crippen molar-refractivity contribution in [3.8, 4) is 0 Å². The predicted octanol–water partition coefficient (Wildman–Crippen LogP) is 2.78. The van der Waals surface area contributed by atoms with E-state index in [4.69, 9.17) is 5.11 Å². The lowest BCUT2D eigenvalue weighted by atomic mass is 10.1. The van der Waals surface area contributed by atoms with E-state index in [1.165, 1.54) is 0 Å². The van der Waals surface area contributed by atoms with Gasteiger partial charge in [0.15, 0.2) is 0 Å². The molecule has 2 unspecified atom stereocenters. The van der Waals surface area contributed by atoms with Gasteiger partial charge in [0.2, 0.25) is 0 Å². The summed E-state index contributed by atoms with van der Waals surface area (Å²) in [6, 6.07) is 0. The molecule has 0 heterocycles. The summed E-state index contributed by atoms with van der Waals surface area (Å²) in [5, 5.41) is 7.67. The van der Waals surface area contributed by atoms with Crippen molar-refractivity contribution in [3.05, 3.63) is 0 Å². The van der Waals surface area contributed by atoms with Gasteiger partial charge in [0, 0.05) is 0 Å². The first-order valence-electron chi connectivity index (χ1n) is 4.20. The number of carbonyl (C=O) groups is 1. The second-order valence-corrected chi connectivity index (χ2v) is 4.44. The fourth-order valence-electron chi connectivity index (χ4n) is 0.896. The van der Waals surface area contributed by atoms with Crippen LogP contribution in [0.15, 0.2) is 0 Å². The highest BCUT2D eigenvalue weighted by Gasteiger charge is 2.38. The first-order chi connectivity index (χ1) is 6.29. The van der Waals surface area contributed by atoms with E-state index in [-0.39, 0.29) is 6.42 Å². The normalized spacial score (nSPS) is 16.4. The molecule has 0 fully saturated rings. The van der Waals surface area contributed by atoms with Gasteiger partial charge in [-0.2, -0.15) is 13.2 Å². The minimum atomic E-state index is -4.30. The molecule has 2 nitrogen and oxygen atoms in total. The average Bonchev–Trinajstić information content (AvgIpc) is 2.01. The van der Waals surface area contributed by atoms with Gasteiger partial charge in [-0.1, -0.05) is 13.8 Å². The van der Waals surface area contributed by atoms with E-state index in [2.05, 4.69) is 0 Å². The van der Waals surface area contributed by atoms with Crippen LogP contribution in [0.2, 0.25) is 0 Å². The van der Waals surface area contributed by atoms with Gasteiger partial charge in [-0.3, -0.25) is 4.79 Å². The quantitative estimate of drug-likeness (QED) is 0.789. The number of thioether (sulfide) groups is 1. The van der Waals surface area contributed by atoms with Gasteiger partial charge >= 0.3 is 12.1 Å². The Bertz CT molecular complexity index is 194. The van der Waals surface area contributed by atoms with Crippen molar-refractivity contribution < 1.29 is 23.1 Å². The van der Waals surface area contributed by atoms with E-state index in [9.17, 15) is 18.0 Å². The van der Waals surface area contributed by atoms with Gasteiger partial charge in [-0.15, -0.1) is 11.8 Å². The number of hydrogen-bond acceptors (Lipinski definition) is 2. The minimum Gasteiger partial charge on any atom is -0.480 e. The molecule has 0 aromatic heterocycles. The van der Waals surface area contributed by atoms with E-state index in [1.54, 1.807) is 6.92 Å². The summed E-state index contributed by atoms with van der Waals surface area (Å²) in [4.78, 5) is 10.6. The lowest BCUT2D eigenvalue weighted by Gasteiger charge is -2.19. The molecule has 0 spiro atoms. The monoisotopic (exact) mass is 230 g/mol. The number of hydrogen-bond donors (Lipinski definition) is 1. The molecule has 0 amide bonds. The minimum absolute atomic E-state index is 0.364. The molecule has 0 aliphatic heterocycles. The molecule has 0 aromatic rings. The predicted molar refractivity (Wildman–Crippen MR) is 49.4 cm³/mol. The molecule has 2 atom stereocenters. The van der Waals surface area contributed by atoms with Crippen LogP contribution in [0.4, 0.5) is 13.2 Å². The van der Waals surface area contributed by atoms with Crippen LogP contribution in [0, 0.1) is 5.92 Å². The van der Waals surface area contributed by atoms with E-state index in [1.807, 2.05) is 0 Å². The van der Waals surface area contributed by atoms with Gasteiger partial charge < -0.3 is 5.11 Å². The summed E-state index contributed by atoms with van der Waals surface area (Å²) in [5.74, 6) is -2.24. The molecule has 0 radical (unpaired) electrons. The molecular formula is C8H13F3O2S. The molecule has 1 N–H and O–H groups in total. The summed E-state index contributed by atoms with van der Waals surface area (Å²) in [7, 11) is 0. The van der Waals surface area contributed by atoms with Crippen molar-refractivity contribution in [2.45, 2.75) is 31.7 Å². The summed E-state index contributed by atoms with van der Waals surface area (Å²) in [5.41, 5.74) is 0. The molecule has 14 heavy (non-hydrogen) atoms. The molecule has 0 saturated carbocycles. The van der Waals surface area contributed by atoms with Crippen LogP contribution in [-0.4, -0.2) is 28.3 Å². The van der Waals surface area contributed by atoms with Crippen LogP contribution in [-0.2, 0) is 4.79 Å². The fourth-order valence-corrected chi connectivity index (χ4v) is 1.87. The lowest BCUT2D eigenvalue weighted by molar-refractivity contribution is -0.172. The Balaban J connectivity index is 4.23. The van der Waals surface area contributed by atoms with Crippen LogP contribution < -0.4 is 0 Å². The van der Waals surface area contributed by atoms with Crippen molar-refractivity contribution in [2.24, 2.45) is 5.92 Å². The highest BCUT2D eigenvalue weighted by molar-refractivity contribution is 8.00. The fraction of sp³-hybridized carbons (Fsp3) is 0.875. The number of halogens is 3. The molecule has 0 aliphatic carbocycles. The second-order valence-electron chi connectivity index (χ2n) is 2.96. The number of rotatable bonds is 5. The molecular weight excluding hydrogens is 217 g/mol. The maximum atomic E-state index is 12.1. The van der Waals surface area contributed by atoms with Crippen molar-refractivity contribution in [2.75, 3.05) is 5.75 Å². The van der Waals surface area contributed by atoms with E-state index in [0.29, 0.717) is 5.75 Å². The third-order valence-corrected chi connectivity index (χ3v) is 2.90.